The minimum atomic E-state index is -4.81. The molecule has 0 aliphatic carbocycles. The van der Waals surface area contributed by atoms with Gasteiger partial charge in [0.05, 0.1) is 0 Å². The summed E-state index contributed by atoms with van der Waals surface area (Å²) in [6, 6.07) is 0. The molecule has 2 N–H and O–H groups in total. The van der Waals surface area contributed by atoms with E-state index in [2.05, 4.69) is 4.73 Å². The summed E-state index contributed by atoms with van der Waals surface area (Å²) in [5.41, 5.74) is 0. The van der Waals surface area contributed by atoms with Crippen molar-refractivity contribution in [1.29, 1.82) is 0 Å². The molecule has 0 fully saturated rings. The Hall–Kier alpha value is 1.83. The predicted molar refractivity (Wildman–Crippen MR) is 35.7 cm³/mol. The molecule has 0 aliphatic rings. The van der Waals surface area contributed by atoms with Crippen molar-refractivity contribution in [2.24, 2.45) is 0 Å². The molecule has 4 nitrogen and oxygen atoms in total. The van der Waals surface area contributed by atoms with Crippen LogP contribution in [0.25, 0.3) is 0 Å². The molecule has 0 heterocycles. The Morgan fingerprint density at radius 2 is 1.33 bits per heavy atom. The van der Waals surface area contributed by atoms with E-state index in [4.69, 9.17) is 14.4 Å². The van der Waals surface area contributed by atoms with Gasteiger partial charge in [-0.2, -0.15) is 0 Å². The molecule has 0 amide bonds. The molecule has 0 atom stereocenters. The molecule has 0 bridgehead atoms. The number of phosphoric acid groups is 1. The maximum absolute atomic E-state index is 10.2. The molecular formula is H5FLi3O4P. The second kappa shape index (κ2) is 9.83. The van der Waals surface area contributed by atoms with Crippen LogP contribution in [0.1, 0.15) is 0 Å². The fraction of sp³-hybridized carbons (Fsp3) is 0. The first kappa shape index (κ1) is 22.4. The number of hydrogen-bond acceptors (Lipinski definition) is 2. The standard InChI is InChI=1S/FH2O4P.3Li.3H/c1-5-6(2,3)4;;;;;;/h(H2,2,3,4);;;;;;. The van der Waals surface area contributed by atoms with Gasteiger partial charge in [-0.1, -0.05) is 4.73 Å². The van der Waals surface area contributed by atoms with Crippen molar-refractivity contribution >= 4 is 64.4 Å². The van der Waals surface area contributed by atoms with Crippen LogP contribution >= 0.6 is 7.82 Å². The fourth-order valence-electron chi connectivity index (χ4n) is 0. The molecule has 0 saturated carbocycles. The Labute approximate surface area is 87.6 Å². The van der Waals surface area contributed by atoms with Crippen LogP contribution in [0.15, 0.2) is 0 Å². The third kappa shape index (κ3) is 25.8. The summed E-state index contributed by atoms with van der Waals surface area (Å²) in [5.74, 6) is 0. The Morgan fingerprint density at radius 3 is 1.33 bits per heavy atom. The minimum absolute atomic E-state index is 0. The summed E-state index contributed by atoms with van der Waals surface area (Å²) in [7, 11) is -4.81. The van der Waals surface area contributed by atoms with Crippen molar-refractivity contribution in [3.63, 3.8) is 0 Å². The van der Waals surface area contributed by atoms with Gasteiger partial charge in [0.2, 0.25) is 0 Å². The SMILES string of the molecule is O=P(O)(O)OF.[LiH].[LiH].[LiH]. The first-order chi connectivity index (χ1) is 2.56. The summed E-state index contributed by atoms with van der Waals surface area (Å²) >= 11 is 0. The van der Waals surface area contributed by atoms with Crippen LogP contribution in [-0.4, -0.2) is 66.4 Å². The van der Waals surface area contributed by atoms with Crippen LogP contribution in [0.4, 0.5) is 4.53 Å². The van der Waals surface area contributed by atoms with E-state index in [9.17, 15) is 4.53 Å². The Morgan fingerprint density at radius 1 is 1.22 bits per heavy atom. The van der Waals surface area contributed by atoms with Crippen LogP contribution in [0, 0.1) is 0 Å². The number of hydrogen-bond donors (Lipinski definition) is 2. The van der Waals surface area contributed by atoms with Crippen molar-refractivity contribution in [2.75, 3.05) is 0 Å². The van der Waals surface area contributed by atoms with Gasteiger partial charge in [-0.15, -0.1) is 0 Å². The van der Waals surface area contributed by atoms with E-state index >= 15 is 0 Å². The van der Waals surface area contributed by atoms with Crippen LogP contribution in [-0.2, 0) is 9.29 Å². The molecule has 44 valence electrons. The fourth-order valence-corrected chi connectivity index (χ4v) is 0. The third-order valence-corrected chi connectivity index (χ3v) is 0.270. The van der Waals surface area contributed by atoms with Gasteiger partial charge in [0.25, 0.3) is 0 Å². The molecule has 9 heteroatoms. The van der Waals surface area contributed by atoms with Gasteiger partial charge < -0.3 is 9.79 Å². The monoisotopic (exact) mass is 140 g/mol. The van der Waals surface area contributed by atoms with E-state index in [0.717, 1.165) is 0 Å². The predicted octanol–water partition coefficient (Wildman–Crippen LogP) is -1.97. The molecule has 9 heavy (non-hydrogen) atoms. The van der Waals surface area contributed by atoms with Crippen LogP contribution in [0.2, 0.25) is 0 Å². The second-order valence-electron chi connectivity index (χ2n) is 0.560. The Balaban J connectivity index is -0.0000000417. The molecule has 0 aromatic rings. The topological polar surface area (TPSA) is 66.8 Å². The van der Waals surface area contributed by atoms with E-state index in [1.807, 2.05) is 0 Å². The molecule has 0 saturated heterocycles. The zero-order chi connectivity index (χ0) is 5.21. The average molecular weight is 140 g/mol. The van der Waals surface area contributed by atoms with E-state index in [1.54, 1.807) is 0 Å². The first-order valence-corrected chi connectivity index (χ1v) is 2.45. The van der Waals surface area contributed by atoms with Crippen molar-refractivity contribution in [2.45, 2.75) is 0 Å². The normalized spacial score (nSPS) is 7.89. The maximum atomic E-state index is 10.2. The molecular weight excluding hydrogens is 135 g/mol. The van der Waals surface area contributed by atoms with Crippen LogP contribution in [0.5, 0.6) is 0 Å². The Bertz CT molecular complexity index is 79.9. The zero-order valence-electron chi connectivity index (χ0n) is 2.54. The average Bonchev–Trinajstić information content (AvgIpc) is 1.35. The van der Waals surface area contributed by atoms with Gasteiger partial charge in [0, 0.05) is 0 Å². The van der Waals surface area contributed by atoms with E-state index in [1.165, 1.54) is 0 Å². The molecule has 0 aromatic heterocycles. The number of rotatable bonds is 1. The van der Waals surface area contributed by atoms with Gasteiger partial charge in [0.1, 0.15) is 0 Å². The Kier molecular flexibility index (Phi) is 24.5. The summed E-state index contributed by atoms with van der Waals surface area (Å²) in [4.78, 5) is 14.7. The molecule has 0 aromatic carbocycles. The molecule has 0 radical (unpaired) electrons. The van der Waals surface area contributed by atoms with E-state index < -0.39 is 7.82 Å². The van der Waals surface area contributed by atoms with Crippen molar-refractivity contribution in [3.05, 3.63) is 0 Å². The summed E-state index contributed by atoms with van der Waals surface area (Å²) in [5, 5.41) is 0. The van der Waals surface area contributed by atoms with Crippen molar-refractivity contribution in [1.82, 2.24) is 0 Å². The van der Waals surface area contributed by atoms with Gasteiger partial charge in [0.15, 0.2) is 0 Å². The first-order valence-electron chi connectivity index (χ1n) is 0.919. The molecule has 0 aliphatic heterocycles. The van der Waals surface area contributed by atoms with Crippen molar-refractivity contribution < 1.29 is 23.6 Å². The summed E-state index contributed by atoms with van der Waals surface area (Å²) in [6.45, 7) is 0. The third-order valence-electron chi connectivity index (χ3n) is 0.0899. The van der Waals surface area contributed by atoms with Gasteiger partial charge in [-0.3, -0.25) is 0 Å². The van der Waals surface area contributed by atoms with Crippen molar-refractivity contribution in [3.8, 4) is 0 Å². The summed E-state index contributed by atoms with van der Waals surface area (Å²) in [6.07, 6.45) is 0. The molecule has 0 spiro atoms. The number of halogens is 1. The quantitative estimate of drug-likeness (QED) is 0.327. The summed E-state index contributed by atoms with van der Waals surface area (Å²) < 4.78 is 21.4. The molecule has 0 unspecified atom stereocenters. The second-order valence-corrected chi connectivity index (χ2v) is 1.68. The van der Waals surface area contributed by atoms with Gasteiger partial charge >= 0.3 is 64.4 Å². The van der Waals surface area contributed by atoms with Gasteiger partial charge in [-0.05, 0) is 4.53 Å². The van der Waals surface area contributed by atoms with Gasteiger partial charge in [-0.25, -0.2) is 4.57 Å². The van der Waals surface area contributed by atoms with Crippen LogP contribution < -0.4 is 0 Å². The molecule has 0 rings (SSSR count). The zero-order valence-corrected chi connectivity index (χ0v) is 3.43. The van der Waals surface area contributed by atoms with E-state index in [-0.39, 0.29) is 56.6 Å². The van der Waals surface area contributed by atoms with Crippen LogP contribution in [0.3, 0.4) is 0 Å². The van der Waals surface area contributed by atoms with E-state index in [0.29, 0.717) is 0 Å².